The van der Waals surface area contributed by atoms with Crippen molar-refractivity contribution in [2.24, 2.45) is 0 Å². The van der Waals surface area contributed by atoms with Crippen LogP contribution in [0.1, 0.15) is 16.7 Å². The van der Waals surface area contributed by atoms with Crippen molar-refractivity contribution in [3.05, 3.63) is 63.2 Å². The summed E-state index contributed by atoms with van der Waals surface area (Å²) in [4.78, 5) is 10.3. The maximum absolute atomic E-state index is 12.3. The highest BCUT2D eigenvalue weighted by Crippen LogP contribution is 2.34. The summed E-state index contributed by atoms with van der Waals surface area (Å²) >= 11 is 5.89. The summed E-state index contributed by atoms with van der Waals surface area (Å²) in [5.74, 6) is 0.337. The van der Waals surface area contributed by atoms with E-state index in [2.05, 4.69) is 0 Å². The Bertz CT molecular complexity index is 880. The molecule has 0 aliphatic carbocycles. The highest BCUT2D eigenvalue weighted by Gasteiger charge is 2.23. The molecule has 0 saturated carbocycles. The number of aryl methyl sites for hydroxylation is 2. The first kappa shape index (κ1) is 18.2. The first-order valence-electron chi connectivity index (χ1n) is 7.06. The molecular formula is C16H17ClN2O4S. The number of sulfonamides is 1. The van der Waals surface area contributed by atoms with Crippen molar-refractivity contribution < 1.29 is 13.3 Å². The van der Waals surface area contributed by atoms with Gasteiger partial charge in [0.15, 0.2) is 0 Å². The first-order chi connectivity index (χ1) is 11.1. The van der Waals surface area contributed by atoms with Crippen molar-refractivity contribution in [3.63, 3.8) is 0 Å². The predicted octanol–water partition coefficient (Wildman–Crippen LogP) is 4.05. The van der Waals surface area contributed by atoms with Crippen molar-refractivity contribution in [1.82, 2.24) is 0 Å². The summed E-state index contributed by atoms with van der Waals surface area (Å²) in [6.45, 7) is 3.66. The van der Waals surface area contributed by atoms with Gasteiger partial charge in [0.1, 0.15) is 0 Å². The van der Waals surface area contributed by atoms with Crippen molar-refractivity contribution >= 4 is 38.7 Å². The molecule has 0 saturated heterocycles. The minimum Gasteiger partial charge on any atom is -0.258 e. The van der Waals surface area contributed by atoms with Crippen molar-refractivity contribution in [2.75, 3.05) is 10.6 Å². The van der Waals surface area contributed by atoms with E-state index in [-0.39, 0.29) is 5.69 Å². The summed E-state index contributed by atoms with van der Waals surface area (Å²) in [6.07, 6.45) is 1.10. The number of nitro groups is 1. The Balaban J connectivity index is 2.63. The highest BCUT2D eigenvalue weighted by molar-refractivity contribution is 7.92. The van der Waals surface area contributed by atoms with Gasteiger partial charge in [0, 0.05) is 18.0 Å². The molecule has 0 unspecified atom stereocenters. The molecule has 8 heteroatoms. The molecule has 0 heterocycles. The van der Waals surface area contributed by atoms with E-state index in [0.29, 0.717) is 17.3 Å². The quantitative estimate of drug-likeness (QED) is 0.453. The van der Waals surface area contributed by atoms with Gasteiger partial charge in [-0.15, -0.1) is 11.6 Å². The van der Waals surface area contributed by atoms with Gasteiger partial charge in [0.2, 0.25) is 10.0 Å². The molecule has 0 N–H and O–H groups in total. The summed E-state index contributed by atoms with van der Waals surface area (Å²) in [7, 11) is -3.63. The third kappa shape index (κ3) is 3.68. The van der Waals surface area contributed by atoms with E-state index >= 15 is 0 Å². The summed E-state index contributed by atoms with van der Waals surface area (Å²) in [6, 6.07) is 9.01. The Hall–Kier alpha value is -2.12. The van der Waals surface area contributed by atoms with E-state index < -0.39 is 14.9 Å². The monoisotopic (exact) mass is 368 g/mol. The lowest BCUT2D eigenvalue weighted by Gasteiger charge is -2.25. The SMILES string of the molecule is Cc1cc(N(c2ccc([N+](=O)[O-])cc2)S(C)(=O)=O)c(C)cc1CCl. The van der Waals surface area contributed by atoms with Crippen LogP contribution in [0.4, 0.5) is 17.1 Å². The molecule has 2 rings (SSSR count). The molecular weight excluding hydrogens is 352 g/mol. The second kappa shape index (κ2) is 6.78. The number of anilines is 2. The third-order valence-corrected chi connectivity index (χ3v) is 5.00. The van der Waals surface area contributed by atoms with Crippen LogP contribution < -0.4 is 4.31 Å². The molecule has 0 fully saturated rings. The number of hydrogen-bond donors (Lipinski definition) is 0. The Labute approximate surface area is 145 Å². The van der Waals surface area contributed by atoms with E-state index in [1.165, 1.54) is 28.6 Å². The lowest BCUT2D eigenvalue weighted by molar-refractivity contribution is -0.384. The zero-order valence-corrected chi connectivity index (χ0v) is 15.1. The smallest absolute Gasteiger partial charge is 0.258 e. The zero-order valence-electron chi connectivity index (χ0n) is 13.5. The Morgan fingerprint density at radius 3 is 2.17 bits per heavy atom. The largest absolute Gasteiger partial charge is 0.269 e. The van der Waals surface area contributed by atoms with Gasteiger partial charge in [0.25, 0.3) is 5.69 Å². The van der Waals surface area contributed by atoms with Gasteiger partial charge >= 0.3 is 0 Å². The number of non-ortho nitro benzene ring substituents is 1. The fourth-order valence-electron chi connectivity index (χ4n) is 2.44. The summed E-state index contributed by atoms with van der Waals surface area (Å²) < 4.78 is 25.8. The highest BCUT2D eigenvalue weighted by atomic mass is 35.5. The van der Waals surface area contributed by atoms with Gasteiger partial charge in [-0.3, -0.25) is 10.1 Å². The molecule has 0 aliphatic rings. The van der Waals surface area contributed by atoms with Crippen LogP contribution in [0.15, 0.2) is 36.4 Å². The van der Waals surface area contributed by atoms with Crippen molar-refractivity contribution in [1.29, 1.82) is 0 Å². The molecule has 0 amide bonds. The fraction of sp³-hybridized carbons (Fsp3) is 0.250. The Kier molecular flexibility index (Phi) is 5.15. The third-order valence-electron chi connectivity index (χ3n) is 3.64. The van der Waals surface area contributed by atoms with Crippen LogP contribution in [0.25, 0.3) is 0 Å². The maximum Gasteiger partial charge on any atom is 0.269 e. The number of rotatable bonds is 5. The van der Waals surface area contributed by atoms with Crippen molar-refractivity contribution in [2.45, 2.75) is 19.7 Å². The molecule has 0 radical (unpaired) electrons. The Morgan fingerprint density at radius 2 is 1.71 bits per heavy atom. The molecule has 2 aromatic carbocycles. The number of hydrogen-bond acceptors (Lipinski definition) is 4. The average molecular weight is 369 g/mol. The molecule has 0 bridgehead atoms. The predicted molar refractivity (Wildman–Crippen MR) is 95.6 cm³/mol. The van der Waals surface area contributed by atoms with Crippen LogP contribution in [-0.4, -0.2) is 19.6 Å². The number of alkyl halides is 1. The fourth-order valence-corrected chi connectivity index (χ4v) is 3.79. The number of nitro benzene ring substituents is 1. The van der Waals surface area contributed by atoms with Gasteiger partial charge in [-0.25, -0.2) is 12.7 Å². The maximum atomic E-state index is 12.3. The van der Waals surface area contributed by atoms with E-state index in [1.807, 2.05) is 13.0 Å². The standard InChI is InChI=1S/C16H17ClN2O4S/c1-11-9-16(12(2)8-13(11)10-17)18(24(3,22)23)14-4-6-15(7-5-14)19(20)21/h4-9H,10H2,1-3H3. The molecule has 0 aromatic heterocycles. The van der Waals surface area contributed by atoms with E-state index in [9.17, 15) is 18.5 Å². The molecule has 0 atom stereocenters. The van der Waals surface area contributed by atoms with Gasteiger partial charge in [0.05, 0.1) is 22.6 Å². The van der Waals surface area contributed by atoms with E-state index in [1.54, 1.807) is 13.0 Å². The first-order valence-corrected chi connectivity index (χ1v) is 9.44. The zero-order chi connectivity index (χ0) is 18.1. The van der Waals surface area contributed by atoms with Crippen LogP contribution in [-0.2, 0) is 15.9 Å². The minimum atomic E-state index is -3.63. The average Bonchev–Trinajstić information content (AvgIpc) is 2.49. The second-order valence-corrected chi connectivity index (χ2v) is 7.60. The molecule has 128 valence electrons. The van der Waals surface area contributed by atoms with E-state index in [4.69, 9.17) is 11.6 Å². The van der Waals surface area contributed by atoms with Crippen LogP contribution in [0.3, 0.4) is 0 Å². The molecule has 0 spiro atoms. The summed E-state index contributed by atoms with van der Waals surface area (Å²) in [5.41, 5.74) is 3.29. The number of nitrogens with zero attached hydrogens (tertiary/aromatic N) is 2. The number of halogens is 1. The van der Waals surface area contributed by atoms with Crippen LogP contribution in [0, 0.1) is 24.0 Å². The van der Waals surface area contributed by atoms with E-state index in [0.717, 1.165) is 22.9 Å². The summed E-state index contributed by atoms with van der Waals surface area (Å²) in [5, 5.41) is 10.8. The van der Waals surface area contributed by atoms with Crippen LogP contribution >= 0.6 is 11.6 Å². The minimum absolute atomic E-state index is 0.0995. The van der Waals surface area contributed by atoms with Gasteiger partial charge in [-0.05, 0) is 48.7 Å². The topological polar surface area (TPSA) is 80.5 Å². The lowest BCUT2D eigenvalue weighted by atomic mass is 10.0. The lowest BCUT2D eigenvalue weighted by Crippen LogP contribution is -2.25. The van der Waals surface area contributed by atoms with Crippen LogP contribution in [0.5, 0.6) is 0 Å². The molecule has 0 aliphatic heterocycles. The van der Waals surface area contributed by atoms with Gasteiger partial charge in [-0.1, -0.05) is 6.07 Å². The normalized spacial score (nSPS) is 11.3. The Morgan fingerprint density at radius 1 is 1.12 bits per heavy atom. The van der Waals surface area contributed by atoms with Crippen molar-refractivity contribution in [3.8, 4) is 0 Å². The van der Waals surface area contributed by atoms with Gasteiger partial charge < -0.3 is 0 Å². The molecule has 2 aromatic rings. The van der Waals surface area contributed by atoms with Gasteiger partial charge in [-0.2, -0.15) is 0 Å². The molecule has 24 heavy (non-hydrogen) atoms. The number of benzene rings is 2. The second-order valence-electron chi connectivity index (χ2n) is 5.50. The molecule has 6 nitrogen and oxygen atoms in total. The van der Waals surface area contributed by atoms with Crippen LogP contribution in [0.2, 0.25) is 0 Å².